The van der Waals surface area contributed by atoms with E-state index < -0.39 is 0 Å². The molecule has 0 atom stereocenters. The maximum Gasteiger partial charge on any atom is 0.231 e. The number of rotatable bonds is 4. The topological polar surface area (TPSA) is 50.8 Å². The number of carbonyl (C=O) groups is 1. The van der Waals surface area contributed by atoms with Crippen LogP contribution in [0.5, 0.6) is 11.5 Å². The Morgan fingerprint density at radius 1 is 1.08 bits per heavy atom. The number of likely N-dealkylation sites (tertiary alicyclic amines) is 1. The first-order valence-corrected chi connectivity index (χ1v) is 9.16. The molecule has 1 saturated heterocycles. The SMILES string of the molecule is Cc1ccc(CN2CCC(C(=O)Nc3ccc4c(c3)OCO4)CC2)cc1. The number of carbonyl (C=O) groups excluding carboxylic acids is 1. The average Bonchev–Trinajstić information content (AvgIpc) is 3.12. The zero-order chi connectivity index (χ0) is 17.9. The zero-order valence-electron chi connectivity index (χ0n) is 15.0. The van der Waals surface area contributed by atoms with Gasteiger partial charge in [-0.05, 0) is 50.6 Å². The number of piperidine rings is 1. The fourth-order valence-corrected chi connectivity index (χ4v) is 3.52. The van der Waals surface area contributed by atoms with Crippen molar-refractivity contribution in [1.29, 1.82) is 0 Å². The molecule has 2 aromatic rings. The summed E-state index contributed by atoms with van der Waals surface area (Å²) in [6.45, 7) is 5.21. The third-order valence-electron chi connectivity index (χ3n) is 5.13. The van der Waals surface area contributed by atoms with Gasteiger partial charge in [0.2, 0.25) is 12.7 Å². The third kappa shape index (κ3) is 3.83. The molecule has 1 amide bonds. The van der Waals surface area contributed by atoms with Gasteiger partial charge in [0.25, 0.3) is 0 Å². The number of nitrogens with one attached hydrogen (secondary N) is 1. The van der Waals surface area contributed by atoms with Crippen LogP contribution in [0.4, 0.5) is 5.69 Å². The standard InChI is InChI=1S/C21H24N2O3/c1-15-2-4-16(5-3-15)13-23-10-8-17(9-11-23)21(24)22-18-6-7-19-20(12-18)26-14-25-19/h2-7,12,17H,8-11,13-14H2,1H3,(H,22,24). The molecule has 2 heterocycles. The van der Waals surface area contributed by atoms with E-state index in [1.165, 1.54) is 11.1 Å². The van der Waals surface area contributed by atoms with Crippen LogP contribution in [0, 0.1) is 12.8 Å². The molecule has 0 aliphatic carbocycles. The number of ether oxygens (including phenoxy) is 2. The van der Waals surface area contributed by atoms with E-state index in [4.69, 9.17) is 9.47 Å². The highest BCUT2D eigenvalue weighted by molar-refractivity contribution is 5.93. The van der Waals surface area contributed by atoms with Gasteiger partial charge in [0.1, 0.15) is 0 Å². The van der Waals surface area contributed by atoms with Crippen molar-refractivity contribution in [3.05, 3.63) is 53.6 Å². The molecule has 1 fully saturated rings. The van der Waals surface area contributed by atoms with E-state index in [0.29, 0.717) is 5.75 Å². The Morgan fingerprint density at radius 2 is 1.81 bits per heavy atom. The molecular weight excluding hydrogens is 328 g/mol. The summed E-state index contributed by atoms with van der Waals surface area (Å²) >= 11 is 0. The van der Waals surface area contributed by atoms with Crippen LogP contribution >= 0.6 is 0 Å². The van der Waals surface area contributed by atoms with Gasteiger partial charge in [-0.2, -0.15) is 0 Å². The minimum absolute atomic E-state index is 0.0645. The van der Waals surface area contributed by atoms with Crippen molar-refractivity contribution in [2.75, 3.05) is 25.2 Å². The predicted molar refractivity (Wildman–Crippen MR) is 100 cm³/mol. The van der Waals surface area contributed by atoms with Crippen molar-refractivity contribution in [2.45, 2.75) is 26.3 Å². The average molecular weight is 352 g/mol. The van der Waals surface area contributed by atoms with Crippen LogP contribution < -0.4 is 14.8 Å². The van der Waals surface area contributed by atoms with E-state index in [-0.39, 0.29) is 18.6 Å². The molecule has 2 aromatic carbocycles. The summed E-state index contributed by atoms with van der Waals surface area (Å²) in [5.41, 5.74) is 3.38. The molecule has 5 nitrogen and oxygen atoms in total. The summed E-state index contributed by atoms with van der Waals surface area (Å²) in [5.74, 6) is 1.58. The second kappa shape index (κ2) is 7.38. The molecule has 0 radical (unpaired) electrons. The van der Waals surface area contributed by atoms with Gasteiger partial charge >= 0.3 is 0 Å². The highest BCUT2D eigenvalue weighted by Crippen LogP contribution is 2.34. The first kappa shape index (κ1) is 16.9. The van der Waals surface area contributed by atoms with Crippen LogP contribution in [0.2, 0.25) is 0 Å². The molecule has 26 heavy (non-hydrogen) atoms. The fraction of sp³-hybridized carbons (Fsp3) is 0.381. The molecule has 5 heteroatoms. The highest BCUT2D eigenvalue weighted by Gasteiger charge is 2.25. The van der Waals surface area contributed by atoms with E-state index in [0.717, 1.165) is 43.9 Å². The van der Waals surface area contributed by atoms with Crippen molar-refractivity contribution in [2.24, 2.45) is 5.92 Å². The fourth-order valence-electron chi connectivity index (χ4n) is 3.52. The summed E-state index contributed by atoms with van der Waals surface area (Å²) in [4.78, 5) is 15.0. The first-order chi connectivity index (χ1) is 12.7. The number of benzene rings is 2. The second-order valence-corrected chi connectivity index (χ2v) is 7.09. The lowest BCUT2D eigenvalue weighted by Gasteiger charge is -2.31. The molecule has 4 rings (SSSR count). The summed E-state index contributed by atoms with van der Waals surface area (Å²) in [5, 5.41) is 3.02. The number of amides is 1. The van der Waals surface area contributed by atoms with Crippen LogP contribution in [0.3, 0.4) is 0 Å². The van der Waals surface area contributed by atoms with E-state index in [1.54, 1.807) is 0 Å². The highest BCUT2D eigenvalue weighted by atomic mass is 16.7. The van der Waals surface area contributed by atoms with Crippen molar-refractivity contribution in [3.63, 3.8) is 0 Å². The van der Waals surface area contributed by atoms with Crippen LogP contribution in [-0.4, -0.2) is 30.7 Å². The molecule has 0 unspecified atom stereocenters. The van der Waals surface area contributed by atoms with Crippen molar-refractivity contribution in [3.8, 4) is 11.5 Å². The van der Waals surface area contributed by atoms with Crippen molar-refractivity contribution >= 4 is 11.6 Å². The lowest BCUT2D eigenvalue weighted by Crippen LogP contribution is -2.37. The third-order valence-corrected chi connectivity index (χ3v) is 5.13. The van der Waals surface area contributed by atoms with Crippen molar-refractivity contribution in [1.82, 2.24) is 4.90 Å². The second-order valence-electron chi connectivity index (χ2n) is 7.09. The van der Waals surface area contributed by atoms with Gasteiger partial charge in [0.05, 0.1) is 0 Å². The number of nitrogens with zero attached hydrogens (tertiary/aromatic N) is 1. The minimum Gasteiger partial charge on any atom is -0.454 e. The number of aryl methyl sites for hydroxylation is 1. The van der Waals surface area contributed by atoms with Gasteiger partial charge < -0.3 is 14.8 Å². The van der Waals surface area contributed by atoms with Crippen LogP contribution in [-0.2, 0) is 11.3 Å². The number of fused-ring (bicyclic) bond motifs is 1. The molecule has 2 aliphatic rings. The van der Waals surface area contributed by atoms with E-state index >= 15 is 0 Å². The van der Waals surface area contributed by atoms with Gasteiger partial charge in [-0.25, -0.2) is 0 Å². The lowest BCUT2D eigenvalue weighted by atomic mass is 9.95. The Morgan fingerprint density at radius 3 is 2.58 bits per heavy atom. The Hall–Kier alpha value is -2.53. The largest absolute Gasteiger partial charge is 0.454 e. The molecule has 0 bridgehead atoms. The molecule has 1 N–H and O–H groups in total. The van der Waals surface area contributed by atoms with Crippen molar-refractivity contribution < 1.29 is 14.3 Å². The van der Waals surface area contributed by atoms with Crippen LogP contribution in [0.15, 0.2) is 42.5 Å². The Kier molecular flexibility index (Phi) is 4.80. The maximum atomic E-state index is 12.6. The molecule has 136 valence electrons. The van der Waals surface area contributed by atoms with Gasteiger partial charge in [-0.3, -0.25) is 9.69 Å². The smallest absolute Gasteiger partial charge is 0.231 e. The summed E-state index contributed by atoms with van der Waals surface area (Å²) in [7, 11) is 0. The quantitative estimate of drug-likeness (QED) is 0.914. The number of hydrogen-bond donors (Lipinski definition) is 1. The molecule has 0 spiro atoms. The molecule has 2 aliphatic heterocycles. The first-order valence-electron chi connectivity index (χ1n) is 9.16. The Bertz CT molecular complexity index is 780. The van der Waals surface area contributed by atoms with E-state index in [9.17, 15) is 4.79 Å². The molecular formula is C21H24N2O3. The zero-order valence-corrected chi connectivity index (χ0v) is 15.0. The Labute approximate surface area is 153 Å². The monoisotopic (exact) mass is 352 g/mol. The maximum absolute atomic E-state index is 12.6. The van der Waals surface area contributed by atoms with Crippen LogP contribution in [0.25, 0.3) is 0 Å². The summed E-state index contributed by atoms with van der Waals surface area (Å²) in [6.07, 6.45) is 1.78. The van der Waals surface area contributed by atoms with Gasteiger partial charge in [0, 0.05) is 24.2 Å². The predicted octanol–water partition coefficient (Wildman–Crippen LogP) is 3.57. The van der Waals surface area contributed by atoms with Gasteiger partial charge in [-0.1, -0.05) is 29.8 Å². The number of hydrogen-bond acceptors (Lipinski definition) is 4. The lowest BCUT2D eigenvalue weighted by molar-refractivity contribution is -0.121. The summed E-state index contributed by atoms with van der Waals surface area (Å²) in [6, 6.07) is 14.2. The van der Waals surface area contributed by atoms with Gasteiger partial charge in [-0.15, -0.1) is 0 Å². The number of anilines is 1. The van der Waals surface area contributed by atoms with Gasteiger partial charge in [0.15, 0.2) is 11.5 Å². The molecule has 0 aromatic heterocycles. The van der Waals surface area contributed by atoms with Crippen LogP contribution in [0.1, 0.15) is 24.0 Å². The Balaban J connectivity index is 1.28. The normalized spacial score (nSPS) is 17.3. The van der Waals surface area contributed by atoms with E-state index in [2.05, 4.69) is 41.4 Å². The minimum atomic E-state index is 0.0645. The summed E-state index contributed by atoms with van der Waals surface area (Å²) < 4.78 is 10.7. The van der Waals surface area contributed by atoms with E-state index in [1.807, 2.05) is 18.2 Å². The molecule has 0 saturated carbocycles.